The molecule has 2 N–H and O–H groups in total. The Labute approximate surface area is 147 Å². The Bertz CT molecular complexity index is 717. The molecule has 1 aliphatic rings. The monoisotopic (exact) mass is 344 g/mol. The van der Waals surface area contributed by atoms with Gasteiger partial charge in [-0.1, -0.05) is 19.1 Å². The number of rotatable bonds is 7. The quantitative estimate of drug-likeness (QED) is 0.594. The molecule has 1 aliphatic carbocycles. The lowest BCUT2D eigenvalue weighted by Gasteiger charge is -2.19. The summed E-state index contributed by atoms with van der Waals surface area (Å²) in [6.07, 6.45) is 4.85. The highest BCUT2D eigenvalue weighted by Crippen LogP contribution is 2.47. The highest BCUT2D eigenvalue weighted by Gasteiger charge is 2.44. The van der Waals surface area contributed by atoms with Crippen LogP contribution in [0.25, 0.3) is 0 Å². The fraction of sp³-hybridized carbons (Fsp3) is 0.500. The molecular weight excluding hydrogens is 319 g/mol. The van der Waals surface area contributed by atoms with Gasteiger partial charge in [0.15, 0.2) is 5.96 Å². The van der Waals surface area contributed by atoms with E-state index in [1.165, 1.54) is 17.7 Å². The van der Waals surface area contributed by atoms with Gasteiger partial charge in [-0.15, -0.1) is 10.2 Å². The molecule has 0 saturated heterocycles. The molecule has 1 aromatic heterocycles. The van der Waals surface area contributed by atoms with Crippen molar-refractivity contribution in [3.63, 3.8) is 0 Å². The third kappa shape index (κ3) is 4.15. The lowest BCUT2D eigenvalue weighted by Crippen LogP contribution is -2.42. The van der Waals surface area contributed by atoms with Gasteiger partial charge in [-0.2, -0.15) is 0 Å². The predicted molar refractivity (Wildman–Crippen MR) is 96.1 cm³/mol. The van der Waals surface area contributed by atoms with Crippen LogP contribution < -0.4 is 10.6 Å². The number of aliphatic imine (C=N–C) groups is 1. The molecule has 0 spiro atoms. The molecule has 0 radical (unpaired) electrons. The van der Waals surface area contributed by atoms with E-state index in [4.69, 9.17) is 0 Å². The van der Waals surface area contributed by atoms with E-state index in [0.717, 1.165) is 50.7 Å². The minimum absolute atomic E-state index is 0.106. The smallest absolute Gasteiger partial charge is 0.191 e. The molecule has 0 bridgehead atoms. The van der Waals surface area contributed by atoms with Gasteiger partial charge in [0.2, 0.25) is 0 Å². The lowest BCUT2D eigenvalue weighted by molar-refractivity contribution is 0.609. The number of nitrogens with zero attached hydrogens (tertiary/aromatic N) is 4. The van der Waals surface area contributed by atoms with Crippen molar-refractivity contribution in [2.75, 3.05) is 20.1 Å². The summed E-state index contributed by atoms with van der Waals surface area (Å²) in [5, 5.41) is 14.7. The predicted octanol–water partition coefficient (Wildman–Crippen LogP) is 1.88. The van der Waals surface area contributed by atoms with Crippen molar-refractivity contribution in [3.05, 3.63) is 47.8 Å². The van der Waals surface area contributed by atoms with E-state index >= 15 is 0 Å². The fourth-order valence-electron chi connectivity index (χ4n) is 3.03. The number of aryl methyl sites for hydroxylation is 1. The Balaban J connectivity index is 1.49. The normalized spacial score (nSPS) is 15.9. The van der Waals surface area contributed by atoms with Crippen molar-refractivity contribution in [3.8, 4) is 0 Å². The zero-order valence-corrected chi connectivity index (χ0v) is 14.8. The number of guanidine groups is 1. The summed E-state index contributed by atoms with van der Waals surface area (Å²) in [6.45, 7) is 4.40. The van der Waals surface area contributed by atoms with Gasteiger partial charge < -0.3 is 15.2 Å². The van der Waals surface area contributed by atoms with Gasteiger partial charge in [0, 0.05) is 38.5 Å². The number of benzene rings is 1. The Morgan fingerprint density at radius 1 is 1.28 bits per heavy atom. The van der Waals surface area contributed by atoms with E-state index in [0.29, 0.717) is 0 Å². The first kappa shape index (κ1) is 17.4. The Kier molecular flexibility index (Phi) is 5.31. The summed E-state index contributed by atoms with van der Waals surface area (Å²) in [6, 6.07) is 6.84. The summed E-state index contributed by atoms with van der Waals surface area (Å²) >= 11 is 0. The van der Waals surface area contributed by atoms with Gasteiger partial charge >= 0.3 is 0 Å². The highest BCUT2D eigenvalue weighted by atomic mass is 19.1. The van der Waals surface area contributed by atoms with Gasteiger partial charge in [-0.05, 0) is 30.5 Å². The molecular formula is C18H25FN6. The van der Waals surface area contributed by atoms with Crippen LogP contribution in [0.1, 0.15) is 31.2 Å². The molecule has 3 rings (SSSR count). The number of aromatic nitrogens is 3. The standard InChI is InChI=1S/C18H25FN6/c1-3-16-24-23-13-25(16)11-10-21-17(20-2)22-12-18(8-9-18)14-4-6-15(19)7-5-14/h4-7,13H,3,8-12H2,1-2H3,(H2,20,21,22). The zero-order valence-electron chi connectivity index (χ0n) is 14.8. The van der Waals surface area contributed by atoms with Crippen molar-refractivity contribution in [1.82, 2.24) is 25.4 Å². The van der Waals surface area contributed by atoms with Crippen LogP contribution in [0.2, 0.25) is 0 Å². The van der Waals surface area contributed by atoms with Crippen LogP contribution >= 0.6 is 0 Å². The molecule has 0 amide bonds. The van der Waals surface area contributed by atoms with Gasteiger partial charge in [0.05, 0.1) is 0 Å². The molecule has 0 aliphatic heterocycles. The number of nitrogens with one attached hydrogen (secondary N) is 2. The fourth-order valence-corrected chi connectivity index (χ4v) is 3.03. The molecule has 7 heteroatoms. The third-order valence-electron chi connectivity index (χ3n) is 4.79. The van der Waals surface area contributed by atoms with Gasteiger partial charge in [-0.3, -0.25) is 4.99 Å². The van der Waals surface area contributed by atoms with Gasteiger partial charge in [0.25, 0.3) is 0 Å². The Morgan fingerprint density at radius 2 is 2.04 bits per heavy atom. The molecule has 1 heterocycles. The SMILES string of the molecule is CCc1nncn1CCNC(=NC)NCC1(c2ccc(F)cc2)CC1. The van der Waals surface area contributed by atoms with Crippen LogP contribution in [0, 0.1) is 5.82 Å². The first-order valence-electron chi connectivity index (χ1n) is 8.74. The topological polar surface area (TPSA) is 67.1 Å². The van der Waals surface area contributed by atoms with Crippen molar-refractivity contribution >= 4 is 5.96 Å². The van der Waals surface area contributed by atoms with Gasteiger partial charge in [-0.25, -0.2) is 4.39 Å². The maximum absolute atomic E-state index is 13.1. The van der Waals surface area contributed by atoms with E-state index in [9.17, 15) is 4.39 Å². The van der Waals surface area contributed by atoms with Gasteiger partial charge in [0.1, 0.15) is 18.0 Å². The minimum Gasteiger partial charge on any atom is -0.356 e. The molecule has 1 fully saturated rings. The van der Waals surface area contributed by atoms with Crippen LogP contribution in [-0.4, -0.2) is 40.9 Å². The maximum atomic E-state index is 13.1. The average Bonchev–Trinajstić information content (AvgIpc) is 3.28. The second kappa shape index (κ2) is 7.63. The maximum Gasteiger partial charge on any atom is 0.191 e. The third-order valence-corrected chi connectivity index (χ3v) is 4.79. The van der Waals surface area contributed by atoms with Crippen molar-refractivity contribution in [2.45, 2.75) is 38.1 Å². The average molecular weight is 344 g/mol. The molecule has 2 aromatic rings. The molecule has 25 heavy (non-hydrogen) atoms. The van der Waals surface area contributed by atoms with Crippen molar-refractivity contribution in [2.24, 2.45) is 4.99 Å². The summed E-state index contributed by atoms with van der Waals surface area (Å²) in [5.41, 5.74) is 1.29. The summed E-state index contributed by atoms with van der Waals surface area (Å²) in [4.78, 5) is 4.28. The van der Waals surface area contributed by atoms with E-state index in [2.05, 4.69) is 32.7 Å². The van der Waals surface area contributed by atoms with Crippen LogP contribution in [0.4, 0.5) is 4.39 Å². The minimum atomic E-state index is -0.189. The van der Waals surface area contributed by atoms with E-state index in [1.54, 1.807) is 13.4 Å². The summed E-state index contributed by atoms with van der Waals surface area (Å²) < 4.78 is 15.2. The number of hydrogen-bond acceptors (Lipinski definition) is 3. The number of hydrogen-bond donors (Lipinski definition) is 2. The van der Waals surface area contributed by atoms with Crippen molar-refractivity contribution < 1.29 is 4.39 Å². The van der Waals surface area contributed by atoms with Crippen LogP contribution in [0.5, 0.6) is 0 Å². The molecule has 1 aromatic carbocycles. The number of halogens is 1. The Morgan fingerprint density at radius 3 is 2.68 bits per heavy atom. The zero-order chi connectivity index (χ0) is 17.7. The molecule has 1 saturated carbocycles. The molecule has 6 nitrogen and oxygen atoms in total. The Hall–Kier alpha value is -2.44. The van der Waals surface area contributed by atoms with Crippen LogP contribution in [0.15, 0.2) is 35.6 Å². The molecule has 0 atom stereocenters. The second-order valence-electron chi connectivity index (χ2n) is 6.43. The summed E-state index contributed by atoms with van der Waals surface area (Å²) in [5.74, 6) is 1.57. The molecule has 0 unspecified atom stereocenters. The first-order valence-corrected chi connectivity index (χ1v) is 8.74. The van der Waals surface area contributed by atoms with E-state index in [-0.39, 0.29) is 11.2 Å². The van der Waals surface area contributed by atoms with Crippen molar-refractivity contribution in [1.29, 1.82) is 0 Å². The highest BCUT2D eigenvalue weighted by molar-refractivity contribution is 5.79. The largest absolute Gasteiger partial charge is 0.356 e. The molecule has 134 valence electrons. The van der Waals surface area contributed by atoms with E-state index in [1.807, 2.05) is 16.7 Å². The first-order chi connectivity index (χ1) is 12.2. The van der Waals surface area contributed by atoms with Crippen LogP contribution in [0.3, 0.4) is 0 Å². The summed E-state index contributed by atoms with van der Waals surface area (Å²) in [7, 11) is 1.77. The van der Waals surface area contributed by atoms with E-state index < -0.39 is 0 Å². The lowest BCUT2D eigenvalue weighted by atomic mass is 9.96. The van der Waals surface area contributed by atoms with Crippen LogP contribution in [-0.2, 0) is 18.4 Å². The second-order valence-corrected chi connectivity index (χ2v) is 6.43.